The van der Waals surface area contributed by atoms with Crippen LogP contribution in [0.4, 0.5) is 0 Å². The lowest BCUT2D eigenvalue weighted by Crippen LogP contribution is -2.26. The van der Waals surface area contributed by atoms with Crippen molar-refractivity contribution in [3.8, 4) is 0 Å². The van der Waals surface area contributed by atoms with Gasteiger partial charge in [-0.3, -0.25) is 4.68 Å². The first kappa shape index (κ1) is 10.2. The number of hydrogen-bond donors (Lipinski definition) is 1. The molecule has 1 saturated carbocycles. The van der Waals surface area contributed by atoms with Crippen molar-refractivity contribution in [3.05, 3.63) is 17.5 Å². The molecule has 0 aliphatic heterocycles. The molecule has 0 saturated heterocycles. The quantitative estimate of drug-likeness (QED) is 0.825. The number of aryl methyl sites for hydroxylation is 1. The first-order valence-electron chi connectivity index (χ1n) is 5.34. The molecular formula is C11H16N2O2. The maximum atomic E-state index is 10.7. The molecule has 4 heteroatoms. The molecule has 0 aromatic carbocycles. The Kier molecular flexibility index (Phi) is 2.50. The summed E-state index contributed by atoms with van der Waals surface area (Å²) in [6, 6.07) is 1.63. The summed E-state index contributed by atoms with van der Waals surface area (Å²) in [6.45, 7) is 5.01. The molecular weight excluding hydrogens is 192 g/mol. The molecule has 1 heterocycles. The van der Waals surface area contributed by atoms with Crippen molar-refractivity contribution in [1.82, 2.24) is 9.78 Å². The Labute approximate surface area is 88.9 Å². The van der Waals surface area contributed by atoms with E-state index in [2.05, 4.69) is 12.0 Å². The van der Waals surface area contributed by atoms with Crippen LogP contribution in [0, 0.1) is 18.8 Å². The van der Waals surface area contributed by atoms with Crippen LogP contribution in [0.25, 0.3) is 0 Å². The minimum absolute atomic E-state index is 0.153. The molecule has 4 nitrogen and oxygen atoms in total. The average Bonchev–Trinajstić information content (AvgIpc) is 2.45. The van der Waals surface area contributed by atoms with Gasteiger partial charge in [0.25, 0.3) is 0 Å². The molecule has 0 atom stereocenters. The Bertz CT molecular complexity index is 378. The lowest BCUT2D eigenvalue weighted by atomic mass is 9.76. The van der Waals surface area contributed by atoms with E-state index in [4.69, 9.17) is 5.11 Å². The number of aromatic nitrogens is 2. The maximum Gasteiger partial charge on any atom is 0.356 e. The Morgan fingerprint density at radius 3 is 2.80 bits per heavy atom. The zero-order valence-corrected chi connectivity index (χ0v) is 9.10. The van der Waals surface area contributed by atoms with E-state index < -0.39 is 5.97 Å². The first-order valence-corrected chi connectivity index (χ1v) is 5.34. The zero-order valence-electron chi connectivity index (χ0n) is 9.10. The molecule has 0 amide bonds. The smallest absolute Gasteiger partial charge is 0.356 e. The normalized spacial score (nSPS) is 24.9. The van der Waals surface area contributed by atoms with Gasteiger partial charge in [-0.2, -0.15) is 5.10 Å². The Hall–Kier alpha value is -1.32. The Balaban J connectivity index is 2.05. The summed E-state index contributed by atoms with van der Waals surface area (Å²) in [5, 5.41) is 12.9. The standard InChI is InChI=1S/C11H16N2O2/c1-7-3-9(4-7)6-13-8(2)5-10(12-13)11(14)15/h5,7,9H,3-4,6H2,1-2H3,(H,14,15). The number of carboxylic acid groups (broad SMARTS) is 1. The van der Waals surface area contributed by atoms with Gasteiger partial charge in [0.2, 0.25) is 0 Å². The molecule has 0 unspecified atom stereocenters. The predicted molar refractivity (Wildman–Crippen MR) is 55.8 cm³/mol. The highest BCUT2D eigenvalue weighted by Gasteiger charge is 2.26. The number of carboxylic acids is 1. The third-order valence-corrected chi connectivity index (χ3v) is 3.10. The molecule has 0 radical (unpaired) electrons. The van der Waals surface area contributed by atoms with Gasteiger partial charge in [-0.1, -0.05) is 6.92 Å². The van der Waals surface area contributed by atoms with Crippen molar-refractivity contribution in [2.45, 2.75) is 33.2 Å². The second-order valence-corrected chi connectivity index (χ2v) is 4.60. The molecule has 1 aromatic heterocycles. The number of nitrogens with zero attached hydrogens (tertiary/aromatic N) is 2. The Morgan fingerprint density at radius 1 is 1.67 bits per heavy atom. The lowest BCUT2D eigenvalue weighted by molar-refractivity contribution is 0.0688. The van der Waals surface area contributed by atoms with Gasteiger partial charge in [0, 0.05) is 12.2 Å². The van der Waals surface area contributed by atoms with Crippen molar-refractivity contribution < 1.29 is 9.90 Å². The summed E-state index contributed by atoms with van der Waals surface area (Å²) < 4.78 is 1.82. The fraction of sp³-hybridized carbons (Fsp3) is 0.636. The Morgan fingerprint density at radius 2 is 2.33 bits per heavy atom. The molecule has 1 aromatic rings. The van der Waals surface area contributed by atoms with E-state index in [1.165, 1.54) is 12.8 Å². The van der Waals surface area contributed by atoms with Gasteiger partial charge in [0.1, 0.15) is 0 Å². The van der Waals surface area contributed by atoms with Gasteiger partial charge in [-0.05, 0) is 37.7 Å². The fourth-order valence-electron chi connectivity index (χ4n) is 2.26. The summed E-state index contributed by atoms with van der Waals surface area (Å²) in [6.07, 6.45) is 2.48. The summed E-state index contributed by atoms with van der Waals surface area (Å²) in [5.41, 5.74) is 1.09. The first-order chi connectivity index (χ1) is 7.06. The highest BCUT2D eigenvalue weighted by Crippen LogP contribution is 2.34. The molecule has 1 aliphatic rings. The maximum absolute atomic E-state index is 10.7. The van der Waals surface area contributed by atoms with E-state index in [-0.39, 0.29) is 5.69 Å². The molecule has 1 aliphatic carbocycles. The van der Waals surface area contributed by atoms with Crippen LogP contribution in [-0.2, 0) is 6.54 Å². The molecule has 0 bridgehead atoms. The lowest BCUT2D eigenvalue weighted by Gasteiger charge is -2.32. The molecule has 82 valence electrons. The van der Waals surface area contributed by atoms with E-state index in [1.54, 1.807) is 6.07 Å². The SMILES string of the molecule is Cc1cc(C(=O)O)nn1CC1CC(C)C1. The predicted octanol–water partition coefficient (Wildman–Crippen LogP) is 1.94. The summed E-state index contributed by atoms with van der Waals surface area (Å²) in [7, 11) is 0. The minimum Gasteiger partial charge on any atom is -0.476 e. The van der Waals surface area contributed by atoms with Crippen LogP contribution in [-0.4, -0.2) is 20.9 Å². The largest absolute Gasteiger partial charge is 0.476 e. The van der Waals surface area contributed by atoms with Crippen LogP contribution in [0.3, 0.4) is 0 Å². The summed E-state index contributed by atoms with van der Waals surface area (Å²) >= 11 is 0. The monoisotopic (exact) mass is 208 g/mol. The van der Waals surface area contributed by atoms with Crippen LogP contribution in [0.2, 0.25) is 0 Å². The van der Waals surface area contributed by atoms with Crippen molar-refractivity contribution in [3.63, 3.8) is 0 Å². The van der Waals surface area contributed by atoms with Crippen molar-refractivity contribution in [2.75, 3.05) is 0 Å². The van der Waals surface area contributed by atoms with Gasteiger partial charge in [-0.25, -0.2) is 4.79 Å². The van der Waals surface area contributed by atoms with E-state index in [1.807, 2.05) is 11.6 Å². The van der Waals surface area contributed by atoms with E-state index in [0.29, 0.717) is 5.92 Å². The highest BCUT2D eigenvalue weighted by atomic mass is 16.4. The zero-order chi connectivity index (χ0) is 11.0. The van der Waals surface area contributed by atoms with Crippen LogP contribution in [0.1, 0.15) is 35.9 Å². The van der Waals surface area contributed by atoms with Crippen LogP contribution in [0.5, 0.6) is 0 Å². The third kappa shape index (κ3) is 2.03. The number of rotatable bonds is 3. The van der Waals surface area contributed by atoms with Crippen molar-refractivity contribution >= 4 is 5.97 Å². The summed E-state index contributed by atoms with van der Waals surface area (Å²) in [5.74, 6) is 0.559. The number of aromatic carboxylic acids is 1. The molecule has 2 rings (SSSR count). The van der Waals surface area contributed by atoms with Gasteiger partial charge in [0.05, 0.1) is 0 Å². The highest BCUT2D eigenvalue weighted by molar-refractivity contribution is 5.85. The number of carbonyl (C=O) groups is 1. The molecule has 1 fully saturated rings. The van der Waals surface area contributed by atoms with Crippen molar-refractivity contribution in [1.29, 1.82) is 0 Å². The molecule has 15 heavy (non-hydrogen) atoms. The van der Waals surface area contributed by atoms with Gasteiger partial charge >= 0.3 is 5.97 Å². The number of hydrogen-bond acceptors (Lipinski definition) is 2. The van der Waals surface area contributed by atoms with Gasteiger partial charge in [0.15, 0.2) is 5.69 Å². The minimum atomic E-state index is -0.946. The summed E-state index contributed by atoms with van der Waals surface area (Å²) in [4.78, 5) is 10.7. The van der Waals surface area contributed by atoms with Gasteiger partial charge in [-0.15, -0.1) is 0 Å². The van der Waals surface area contributed by atoms with E-state index >= 15 is 0 Å². The van der Waals surface area contributed by atoms with E-state index in [0.717, 1.165) is 18.2 Å². The van der Waals surface area contributed by atoms with Crippen LogP contribution >= 0.6 is 0 Å². The topological polar surface area (TPSA) is 55.1 Å². The molecule has 1 N–H and O–H groups in total. The second-order valence-electron chi connectivity index (χ2n) is 4.60. The van der Waals surface area contributed by atoms with E-state index in [9.17, 15) is 4.79 Å². The second kappa shape index (κ2) is 3.68. The van der Waals surface area contributed by atoms with Gasteiger partial charge < -0.3 is 5.11 Å². The van der Waals surface area contributed by atoms with Crippen LogP contribution < -0.4 is 0 Å². The third-order valence-electron chi connectivity index (χ3n) is 3.10. The molecule has 0 spiro atoms. The van der Waals surface area contributed by atoms with Crippen molar-refractivity contribution in [2.24, 2.45) is 11.8 Å². The van der Waals surface area contributed by atoms with Crippen LogP contribution in [0.15, 0.2) is 6.07 Å². The fourth-order valence-corrected chi connectivity index (χ4v) is 2.26. The average molecular weight is 208 g/mol.